The van der Waals surface area contributed by atoms with Crippen molar-refractivity contribution >= 4 is 21.8 Å². The van der Waals surface area contributed by atoms with Gasteiger partial charge in [0.05, 0.1) is 0 Å². The number of rotatable bonds is 3. The van der Waals surface area contributed by atoms with E-state index >= 15 is 0 Å². The predicted molar refractivity (Wildman–Crippen MR) is 75.4 cm³/mol. The number of carbonyl (C=O) groups is 1. The molecular formula is C14H19BrN2O. The Labute approximate surface area is 117 Å². The largest absolute Gasteiger partial charge is 0.348 e. The smallest absolute Gasteiger partial charge is 0.271 e. The summed E-state index contributed by atoms with van der Waals surface area (Å²) in [6, 6.07) is 3.94. The van der Waals surface area contributed by atoms with E-state index in [1.165, 1.54) is 12.8 Å². The second-order valence-electron chi connectivity index (χ2n) is 5.02. The lowest BCUT2D eigenvalue weighted by Gasteiger charge is -2.20. The Morgan fingerprint density at radius 3 is 2.94 bits per heavy atom. The highest BCUT2D eigenvalue weighted by Gasteiger charge is 2.32. The number of nitrogens with one attached hydrogen (secondary N) is 1. The van der Waals surface area contributed by atoms with Gasteiger partial charge in [-0.1, -0.05) is 20.3 Å². The van der Waals surface area contributed by atoms with Gasteiger partial charge in [-0.3, -0.25) is 4.79 Å². The van der Waals surface area contributed by atoms with Crippen molar-refractivity contribution in [1.29, 1.82) is 0 Å². The van der Waals surface area contributed by atoms with Gasteiger partial charge >= 0.3 is 0 Å². The minimum absolute atomic E-state index is 0.0731. The Kier molecular flexibility index (Phi) is 4.38. The molecule has 0 bridgehead atoms. The summed E-state index contributed by atoms with van der Waals surface area (Å²) < 4.78 is 0.750. The SMILES string of the molecule is CCC1CCC(NC(=O)c2ncccc2Br)C1C. The van der Waals surface area contributed by atoms with Crippen molar-refractivity contribution in [3.8, 4) is 0 Å². The number of aromatic nitrogens is 1. The van der Waals surface area contributed by atoms with Crippen molar-refractivity contribution in [1.82, 2.24) is 10.3 Å². The fourth-order valence-electron chi connectivity index (χ4n) is 2.82. The molecule has 0 spiro atoms. The average Bonchev–Trinajstić information content (AvgIpc) is 2.71. The molecule has 1 aromatic heterocycles. The molecule has 1 amide bonds. The third-order valence-electron chi connectivity index (χ3n) is 4.04. The first-order valence-corrected chi connectivity index (χ1v) is 7.34. The molecule has 1 N–H and O–H groups in total. The summed E-state index contributed by atoms with van der Waals surface area (Å²) in [4.78, 5) is 16.3. The topological polar surface area (TPSA) is 42.0 Å². The summed E-state index contributed by atoms with van der Waals surface area (Å²) in [7, 11) is 0. The molecule has 1 aliphatic rings. The van der Waals surface area contributed by atoms with Gasteiger partial charge in [-0.05, 0) is 52.7 Å². The maximum absolute atomic E-state index is 12.2. The van der Waals surface area contributed by atoms with Crippen LogP contribution in [0, 0.1) is 11.8 Å². The monoisotopic (exact) mass is 310 g/mol. The minimum atomic E-state index is -0.0731. The third-order valence-corrected chi connectivity index (χ3v) is 4.68. The van der Waals surface area contributed by atoms with E-state index < -0.39 is 0 Å². The standard InChI is InChI=1S/C14H19BrN2O/c1-3-10-6-7-12(9(10)2)17-14(18)13-11(15)5-4-8-16-13/h4-5,8-10,12H,3,6-7H2,1-2H3,(H,17,18). The summed E-state index contributed by atoms with van der Waals surface area (Å²) in [5.74, 6) is 1.22. The van der Waals surface area contributed by atoms with E-state index in [9.17, 15) is 4.79 Å². The lowest BCUT2D eigenvalue weighted by molar-refractivity contribution is 0.0920. The van der Waals surface area contributed by atoms with Crippen molar-refractivity contribution in [2.24, 2.45) is 11.8 Å². The highest BCUT2D eigenvalue weighted by atomic mass is 79.9. The zero-order valence-electron chi connectivity index (χ0n) is 10.8. The molecule has 1 saturated carbocycles. The Morgan fingerprint density at radius 2 is 2.33 bits per heavy atom. The molecular weight excluding hydrogens is 292 g/mol. The average molecular weight is 311 g/mol. The van der Waals surface area contributed by atoms with Crippen LogP contribution < -0.4 is 5.32 Å². The normalized spacial score (nSPS) is 27.2. The molecule has 18 heavy (non-hydrogen) atoms. The lowest BCUT2D eigenvalue weighted by atomic mass is 9.93. The van der Waals surface area contributed by atoms with Gasteiger partial charge in [0.15, 0.2) is 0 Å². The Bertz CT molecular complexity index is 436. The third kappa shape index (κ3) is 2.74. The van der Waals surface area contributed by atoms with Crippen LogP contribution >= 0.6 is 15.9 Å². The highest BCUT2D eigenvalue weighted by molar-refractivity contribution is 9.10. The number of nitrogens with zero attached hydrogens (tertiary/aromatic N) is 1. The zero-order valence-corrected chi connectivity index (χ0v) is 12.4. The predicted octanol–water partition coefficient (Wildman–Crippen LogP) is 3.40. The Balaban J connectivity index is 2.03. The van der Waals surface area contributed by atoms with Crippen LogP contribution in [0.5, 0.6) is 0 Å². The number of pyridine rings is 1. The van der Waals surface area contributed by atoms with E-state index in [1.807, 2.05) is 12.1 Å². The molecule has 1 aliphatic carbocycles. The van der Waals surface area contributed by atoms with Crippen LogP contribution in [0.25, 0.3) is 0 Å². The van der Waals surface area contributed by atoms with E-state index in [1.54, 1.807) is 6.20 Å². The van der Waals surface area contributed by atoms with Gasteiger partial charge in [-0.15, -0.1) is 0 Å². The fourth-order valence-corrected chi connectivity index (χ4v) is 3.25. The van der Waals surface area contributed by atoms with Gasteiger partial charge in [0, 0.05) is 16.7 Å². The van der Waals surface area contributed by atoms with Crippen molar-refractivity contribution in [3.63, 3.8) is 0 Å². The molecule has 0 aromatic carbocycles. The van der Waals surface area contributed by atoms with Crippen LogP contribution in [0.2, 0.25) is 0 Å². The van der Waals surface area contributed by atoms with Crippen molar-refractivity contribution < 1.29 is 4.79 Å². The first-order valence-electron chi connectivity index (χ1n) is 6.54. The molecule has 0 aliphatic heterocycles. The number of halogens is 1. The zero-order chi connectivity index (χ0) is 13.1. The number of amides is 1. The highest BCUT2D eigenvalue weighted by Crippen LogP contribution is 2.34. The van der Waals surface area contributed by atoms with E-state index in [0.29, 0.717) is 11.6 Å². The molecule has 0 saturated heterocycles. The maximum atomic E-state index is 12.2. The number of carbonyl (C=O) groups excluding carboxylic acids is 1. The van der Waals surface area contributed by atoms with Gasteiger partial charge < -0.3 is 5.32 Å². The van der Waals surface area contributed by atoms with Gasteiger partial charge in [-0.25, -0.2) is 4.98 Å². The molecule has 1 aromatic rings. The molecule has 3 nitrogen and oxygen atoms in total. The Hall–Kier alpha value is -0.900. The molecule has 3 atom stereocenters. The molecule has 4 heteroatoms. The van der Waals surface area contributed by atoms with Gasteiger partial charge in [0.25, 0.3) is 5.91 Å². The van der Waals surface area contributed by atoms with Crippen LogP contribution in [0.3, 0.4) is 0 Å². The second-order valence-corrected chi connectivity index (χ2v) is 5.87. The summed E-state index contributed by atoms with van der Waals surface area (Å²) in [5.41, 5.74) is 0.477. The first kappa shape index (κ1) is 13.5. The van der Waals surface area contributed by atoms with E-state index in [-0.39, 0.29) is 11.9 Å². The van der Waals surface area contributed by atoms with Crippen molar-refractivity contribution in [2.45, 2.75) is 39.2 Å². The minimum Gasteiger partial charge on any atom is -0.348 e. The lowest BCUT2D eigenvalue weighted by Crippen LogP contribution is -2.38. The van der Waals surface area contributed by atoms with Crippen LogP contribution in [-0.4, -0.2) is 16.9 Å². The van der Waals surface area contributed by atoms with Gasteiger partial charge in [0.1, 0.15) is 5.69 Å². The molecule has 3 unspecified atom stereocenters. The van der Waals surface area contributed by atoms with Gasteiger partial charge in [-0.2, -0.15) is 0 Å². The number of hydrogen-bond donors (Lipinski definition) is 1. The summed E-state index contributed by atoms with van der Waals surface area (Å²) in [6.07, 6.45) is 5.13. The second kappa shape index (κ2) is 5.83. The summed E-state index contributed by atoms with van der Waals surface area (Å²) in [6.45, 7) is 4.46. The Morgan fingerprint density at radius 1 is 1.56 bits per heavy atom. The van der Waals surface area contributed by atoms with Crippen LogP contribution in [-0.2, 0) is 0 Å². The van der Waals surface area contributed by atoms with Crippen molar-refractivity contribution in [2.75, 3.05) is 0 Å². The van der Waals surface area contributed by atoms with Crippen LogP contribution in [0.4, 0.5) is 0 Å². The fraction of sp³-hybridized carbons (Fsp3) is 0.571. The molecule has 0 radical (unpaired) electrons. The van der Waals surface area contributed by atoms with E-state index in [4.69, 9.17) is 0 Å². The molecule has 98 valence electrons. The maximum Gasteiger partial charge on any atom is 0.271 e. The molecule has 2 rings (SSSR count). The quantitative estimate of drug-likeness (QED) is 0.929. The van der Waals surface area contributed by atoms with Crippen molar-refractivity contribution in [3.05, 3.63) is 28.5 Å². The summed E-state index contributed by atoms with van der Waals surface area (Å²) >= 11 is 3.36. The van der Waals surface area contributed by atoms with Crippen LogP contribution in [0.15, 0.2) is 22.8 Å². The first-order chi connectivity index (χ1) is 8.63. The van der Waals surface area contributed by atoms with Crippen LogP contribution in [0.1, 0.15) is 43.6 Å². The van der Waals surface area contributed by atoms with E-state index in [0.717, 1.165) is 16.8 Å². The molecule has 1 fully saturated rings. The number of hydrogen-bond acceptors (Lipinski definition) is 2. The van der Waals surface area contributed by atoms with Gasteiger partial charge in [0.2, 0.25) is 0 Å². The van der Waals surface area contributed by atoms with E-state index in [2.05, 4.69) is 40.1 Å². The summed E-state index contributed by atoms with van der Waals surface area (Å²) in [5, 5.41) is 3.12. The molecule has 1 heterocycles.